The van der Waals surface area contributed by atoms with Crippen molar-refractivity contribution in [1.82, 2.24) is 9.47 Å². The summed E-state index contributed by atoms with van der Waals surface area (Å²) in [6.07, 6.45) is 6.58. The van der Waals surface area contributed by atoms with Crippen LogP contribution in [0, 0.1) is 11.3 Å². The Kier molecular flexibility index (Phi) is 7.14. The van der Waals surface area contributed by atoms with Crippen LogP contribution in [-0.2, 0) is 16.1 Å². The summed E-state index contributed by atoms with van der Waals surface area (Å²) in [6.45, 7) is 9.04. The number of hydrogen-bond acceptors (Lipinski definition) is 5. The highest BCUT2D eigenvalue weighted by Gasteiger charge is 2.27. The summed E-state index contributed by atoms with van der Waals surface area (Å²) in [5.41, 5.74) is 0.189. The maximum absolute atomic E-state index is 13.1. The van der Waals surface area contributed by atoms with E-state index in [2.05, 4.69) is 6.92 Å². The van der Waals surface area contributed by atoms with Crippen molar-refractivity contribution >= 4 is 46.5 Å². The van der Waals surface area contributed by atoms with Crippen molar-refractivity contribution in [3.63, 3.8) is 0 Å². The van der Waals surface area contributed by atoms with E-state index in [9.17, 15) is 14.4 Å². The monoisotopic (exact) mass is 446 g/mol. The SMILES string of the molecule is CCCN(CC1CC1)C(=O)Cn1c(=CC(=O)C(C)(C)C)sc(=Cc2ccsc2)c1=O. The first kappa shape index (κ1) is 22.7. The minimum Gasteiger partial charge on any atom is -0.341 e. The molecule has 1 aliphatic carbocycles. The fourth-order valence-corrected chi connectivity index (χ4v) is 4.72. The summed E-state index contributed by atoms with van der Waals surface area (Å²) in [7, 11) is 0. The van der Waals surface area contributed by atoms with Gasteiger partial charge in [-0.2, -0.15) is 11.3 Å². The predicted octanol–water partition coefficient (Wildman–Crippen LogP) is 2.84. The van der Waals surface area contributed by atoms with Crippen LogP contribution in [0.5, 0.6) is 0 Å². The van der Waals surface area contributed by atoms with E-state index in [-0.39, 0.29) is 23.8 Å². The topological polar surface area (TPSA) is 59.4 Å². The summed E-state index contributed by atoms with van der Waals surface area (Å²) in [5.74, 6) is 0.481. The summed E-state index contributed by atoms with van der Waals surface area (Å²) in [6, 6.07) is 1.95. The summed E-state index contributed by atoms with van der Waals surface area (Å²) in [5, 5.41) is 3.93. The van der Waals surface area contributed by atoms with Crippen molar-refractivity contribution in [3.8, 4) is 0 Å². The number of thiophene rings is 1. The van der Waals surface area contributed by atoms with Gasteiger partial charge in [0.2, 0.25) is 5.91 Å². The minimum atomic E-state index is -0.549. The molecule has 3 rings (SSSR count). The van der Waals surface area contributed by atoms with Gasteiger partial charge >= 0.3 is 0 Å². The zero-order valence-electron chi connectivity index (χ0n) is 18.1. The molecule has 1 fully saturated rings. The van der Waals surface area contributed by atoms with Crippen LogP contribution in [0.25, 0.3) is 12.2 Å². The Morgan fingerprint density at radius 3 is 2.60 bits per heavy atom. The third kappa shape index (κ3) is 5.79. The molecule has 1 aliphatic rings. The zero-order valence-corrected chi connectivity index (χ0v) is 19.8. The van der Waals surface area contributed by atoms with E-state index in [1.54, 1.807) is 11.3 Å². The molecule has 0 N–H and O–H groups in total. The lowest BCUT2D eigenvalue weighted by Crippen LogP contribution is -2.41. The van der Waals surface area contributed by atoms with Gasteiger partial charge in [-0.25, -0.2) is 0 Å². The number of aromatic nitrogens is 1. The van der Waals surface area contributed by atoms with Gasteiger partial charge in [0.1, 0.15) is 11.2 Å². The van der Waals surface area contributed by atoms with Gasteiger partial charge in [-0.15, -0.1) is 11.3 Å². The Bertz CT molecular complexity index is 1070. The van der Waals surface area contributed by atoms with Crippen LogP contribution >= 0.6 is 22.7 Å². The van der Waals surface area contributed by atoms with Crippen LogP contribution < -0.4 is 14.8 Å². The number of thiazole rings is 1. The molecule has 0 aromatic carbocycles. The van der Waals surface area contributed by atoms with Crippen molar-refractivity contribution < 1.29 is 9.59 Å². The van der Waals surface area contributed by atoms with Crippen LogP contribution in [0.4, 0.5) is 0 Å². The highest BCUT2D eigenvalue weighted by Crippen LogP contribution is 2.29. The third-order valence-corrected chi connectivity index (χ3v) is 6.85. The number of nitrogens with zero attached hydrogens (tertiary/aromatic N) is 2. The van der Waals surface area contributed by atoms with Gasteiger partial charge in [-0.1, -0.05) is 27.7 Å². The van der Waals surface area contributed by atoms with Crippen LogP contribution in [-0.4, -0.2) is 34.2 Å². The van der Waals surface area contributed by atoms with Crippen LogP contribution in [0.3, 0.4) is 0 Å². The van der Waals surface area contributed by atoms with Crippen LogP contribution in [0.1, 0.15) is 52.5 Å². The maximum atomic E-state index is 13.1. The molecule has 162 valence electrons. The number of carbonyl (C=O) groups excluding carboxylic acids is 2. The Morgan fingerprint density at radius 1 is 1.30 bits per heavy atom. The normalized spacial score (nSPS) is 15.6. The molecule has 0 spiro atoms. The van der Waals surface area contributed by atoms with Gasteiger partial charge < -0.3 is 4.90 Å². The minimum absolute atomic E-state index is 0.0250. The number of rotatable bonds is 8. The Balaban J connectivity index is 2.01. The van der Waals surface area contributed by atoms with E-state index >= 15 is 0 Å². The molecule has 2 heterocycles. The van der Waals surface area contributed by atoms with E-state index in [1.165, 1.54) is 34.8 Å². The van der Waals surface area contributed by atoms with Crippen molar-refractivity contribution in [2.75, 3.05) is 13.1 Å². The lowest BCUT2D eigenvalue weighted by molar-refractivity contribution is -0.132. The highest BCUT2D eigenvalue weighted by molar-refractivity contribution is 7.08. The van der Waals surface area contributed by atoms with Gasteiger partial charge in [0.15, 0.2) is 5.78 Å². The highest BCUT2D eigenvalue weighted by atomic mass is 32.1. The molecule has 0 bridgehead atoms. The summed E-state index contributed by atoms with van der Waals surface area (Å²) < 4.78 is 2.56. The quantitative estimate of drug-likeness (QED) is 0.627. The van der Waals surface area contributed by atoms with E-state index in [0.717, 1.165) is 18.5 Å². The Morgan fingerprint density at radius 2 is 2.03 bits per heavy atom. The van der Waals surface area contributed by atoms with E-state index < -0.39 is 5.41 Å². The smallest absolute Gasteiger partial charge is 0.269 e. The van der Waals surface area contributed by atoms with Crippen LogP contribution in [0.2, 0.25) is 0 Å². The second-order valence-electron chi connectivity index (χ2n) is 8.94. The van der Waals surface area contributed by atoms with Crippen LogP contribution in [0.15, 0.2) is 21.6 Å². The largest absolute Gasteiger partial charge is 0.341 e. The van der Waals surface area contributed by atoms with Crippen molar-refractivity contribution in [2.45, 2.75) is 53.5 Å². The average Bonchev–Trinajstić information content (AvgIpc) is 3.26. The summed E-state index contributed by atoms with van der Waals surface area (Å²) >= 11 is 2.84. The standard InChI is InChI=1S/C23H30N2O3S2/c1-5-9-24(13-16-6-7-16)20(27)14-25-21(12-19(26)23(2,3)4)30-18(22(25)28)11-17-8-10-29-15-17/h8,10-12,15-16H,5-7,9,13-14H2,1-4H3. The van der Waals surface area contributed by atoms with E-state index in [4.69, 9.17) is 0 Å². The average molecular weight is 447 g/mol. The molecule has 0 atom stereocenters. The molecule has 5 nitrogen and oxygen atoms in total. The number of hydrogen-bond donors (Lipinski definition) is 0. The molecule has 0 radical (unpaired) electrons. The molecular weight excluding hydrogens is 416 g/mol. The first-order valence-corrected chi connectivity index (χ1v) is 12.2. The van der Waals surface area contributed by atoms with Gasteiger partial charge in [0.05, 0.1) is 4.53 Å². The fourth-order valence-electron chi connectivity index (χ4n) is 3.07. The zero-order chi connectivity index (χ0) is 21.9. The lowest BCUT2D eigenvalue weighted by Gasteiger charge is -2.22. The molecule has 1 saturated carbocycles. The van der Waals surface area contributed by atoms with Crippen molar-refractivity contribution in [1.29, 1.82) is 0 Å². The third-order valence-electron chi connectivity index (χ3n) is 5.09. The van der Waals surface area contributed by atoms with Gasteiger partial charge in [0, 0.05) is 24.6 Å². The predicted molar refractivity (Wildman–Crippen MR) is 124 cm³/mol. The molecule has 1 amide bonds. The second-order valence-corrected chi connectivity index (χ2v) is 10.8. The fraction of sp³-hybridized carbons (Fsp3) is 0.522. The Hall–Kier alpha value is -1.99. The van der Waals surface area contributed by atoms with Gasteiger partial charge in [0.25, 0.3) is 5.56 Å². The number of Topliss-reactive ketones (excluding diaryl/α,β-unsaturated/α-hetero) is 1. The first-order chi connectivity index (χ1) is 14.2. The van der Waals surface area contributed by atoms with Crippen molar-refractivity contribution in [3.05, 3.63) is 41.9 Å². The second kappa shape index (κ2) is 9.43. The molecule has 7 heteroatoms. The Labute approximate surface area is 185 Å². The molecule has 2 aromatic rings. The maximum Gasteiger partial charge on any atom is 0.269 e. The van der Waals surface area contributed by atoms with Gasteiger partial charge in [-0.3, -0.25) is 19.0 Å². The summed E-state index contributed by atoms with van der Waals surface area (Å²) in [4.78, 5) is 40.7. The first-order valence-electron chi connectivity index (χ1n) is 10.5. The van der Waals surface area contributed by atoms with E-state index in [1.807, 2.05) is 48.6 Å². The molecule has 0 saturated heterocycles. The molecule has 0 unspecified atom stereocenters. The molecule has 2 aromatic heterocycles. The van der Waals surface area contributed by atoms with Crippen molar-refractivity contribution in [2.24, 2.45) is 11.3 Å². The van der Waals surface area contributed by atoms with E-state index in [0.29, 0.717) is 21.7 Å². The number of ketones is 1. The molecular formula is C23H30N2O3S2. The lowest BCUT2D eigenvalue weighted by atomic mass is 9.91. The molecule has 0 aliphatic heterocycles. The number of amides is 1. The van der Waals surface area contributed by atoms with Gasteiger partial charge in [-0.05, 0) is 53.6 Å². The molecule has 30 heavy (non-hydrogen) atoms. The number of carbonyl (C=O) groups is 2.